The Balaban J connectivity index is 1.38. The van der Waals surface area contributed by atoms with Crippen molar-refractivity contribution in [1.29, 1.82) is 0 Å². The van der Waals surface area contributed by atoms with E-state index in [-0.39, 0.29) is 17.7 Å². The van der Waals surface area contributed by atoms with E-state index in [4.69, 9.17) is 4.74 Å². The number of ether oxygens (including phenoxy) is 1. The van der Waals surface area contributed by atoms with E-state index in [1.165, 1.54) is 11.6 Å². The molecule has 2 aromatic heterocycles. The van der Waals surface area contributed by atoms with Crippen LogP contribution >= 0.6 is 0 Å². The van der Waals surface area contributed by atoms with Crippen LogP contribution in [0.3, 0.4) is 0 Å². The van der Waals surface area contributed by atoms with Gasteiger partial charge in [0.2, 0.25) is 0 Å². The maximum atomic E-state index is 12.7. The molecule has 1 saturated heterocycles. The van der Waals surface area contributed by atoms with E-state index in [2.05, 4.69) is 28.3 Å². The summed E-state index contributed by atoms with van der Waals surface area (Å²) in [4.78, 5) is 22.0. The molecule has 2 amide bonds. The van der Waals surface area contributed by atoms with Crippen LogP contribution in [0.2, 0.25) is 0 Å². The summed E-state index contributed by atoms with van der Waals surface area (Å²) in [6.45, 7) is 5.14. The van der Waals surface area contributed by atoms with Crippen molar-refractivity contribution in [2.45, 2.75) is 26.4 Å². The molecule has 6 nitrogen and oxygen atoms in total. The number of anilines is 1. The normalized spacial score (nSPS) is 17.3. The third kappa shape index (κ3) is 6.38. The fourth-order valence-corrected chi connectivity index (χ4v) is 3.82. The number of hydrogen-bond donors (Lipinski definition) is 1. The van der Waals surface area contributed by atoms with Crippen molar-refractivity contribution in [2.75, 3.05) is 18.4 Å². The van der Waals surface area contributed by atoms with Crippen LogP contribution in [0.25, 0.3) is 6.08 Å². The van der Waals surface area contributed by atoms with Crippen LogP contribution < -0.4 is 10.1 Å². The quantitative estimate of drug-likeness (QED) is 0.458. The van der Waals surface area contributed by atoms with Gasteiger partial charge in [-0.25, -0.2) is 9.78 Å². The first kappa shape index (κ1) is 24.3. The fourth-order valence-electron chi connectivity index (χ4n) is 3.82. The summed E-state index contributed by atoms with van der Waals surface area (Å²) in [6.07, 6.45) is 1.01. The number of alkyl halides is 3. The Morgan fingerprint density at radius 1 is 1.11 bits per heavy atom. The zero-order valence-corrected chi connectivity index (χ0v) is 19.3. The van der Waals surface area contributed by atoms with E-state index >= 15 is 0 Å². The van der Waals surface area contributed by atoms with E-state index < -0.39 is 11.9 Å². The van der Waals surface area contributed by atoms with Crippen LogP contribution in [-0.2, 0) is 6.18 Å². The molecule has 1 aromatic carbocycles. The van der Waals surface area contributed by atoms with Crippen molar-refractivity contribution in [3.63, 3.8) is 0 Å². The highest BCUT2D eigenvalue weighted by Crippen LogP contribution is 2.30. The predicted molar refractivity (Wildman–Crippen MR) is 127 cm³/mol. The second-order valence-electron chi connectivity index (χ2n) is 8.49. The van der Waals surface area contributed by atoms with Crippen molar-refractivity contribution in [3.8, 4) is 11.5 Å². The van der Waals surface area contributed by atoms with Gasteiger partial charge in [-0.05, 0) is 61.2 Å². The lowest BCUT2D eigenvalue weighted by Gasteiger charge is -2.33. The molecule has 9 heteroatoms. The third-order valence-corrected chi connectivity index (χ3v) is 5.72. The number of carbonyl (C=O) groups excluding carboxylic acids is 1. The number of hydrogen-bond acceptors (Lipinski definition) is 4. The lowest BCUT2D eigenvalue weighted by atomic mass is 9.91. The lowest BCUT2D eigenvalue weighted by molar-refractivity contribution is -0.141. The summed E-state index contributed by atoms with van der Waals surface area (Å²) >= 11 is 0. The molecule has 4 rings (SSSR count). The van der Waals surface area contributed by atoms with Gasteiger partial charge in [-0.3, -0.25) is 4.98 Å². The molecule has 1 aliphatic rings. The number of aryl methyl sites for hydroxylation is 1. The first-order valence-corrected chi connectivity index (χ1v) is 11.2. The number of likely N-dealkylation sites (tertiary alicyclic amines) is 1. The number of amides is 2. The van der Waals surface area contributed by atoms with E-state index in [0.29, 0.717) is 24.5 Å². The topological polar surface area (TPSA) is 67.4 Å². The van der Waals surface area contributed by atoms with E-state index in [1.807, 2.05) is 37.3 Å². The van der Waals surface area contributed by atoms with Crippen LogP contribution in [0.1, 0.15) is 30.3 Å². The monoisotopic (exact) mass is 482 g/mol. The highest BCUT2D eigenvalue weighted by molar-refractivity contribution is 5.89. The largest absolute Gasteiger partial charge is 0.456 e. The second-order valence-corrected chi connectivity index (χ2v) is 8.49. The molecule has 182 valence electrons. The average molecular weight is 483 g/mol. The number of rotatable bonds is 4. The molecule has 0 saturated carbocycles. The smallest absolute Gasteiger partial charge is 0.433 e. The molecule has 1 aliphatic heterocycles. The van der Waals surface area contributed by atoms with Crippen LogP contribution in [0, 0.1) is 12.8 Å². The zero-order valence-electron chi connectivity index (χ0n) is 19.3. The van der Waals surface area contributed by atoms with Gasteiger partial charge >= 0.3 is 12.2 Å². The minimum atomic E-state index is -4.49. The summed E-state index contributed by atoms with van der Waals surface area (Å²) in [7, 11) is 0. The van der Waals surface area contributed by atoms with Gasteiger partial charge in [-0.15, -0.1) is 0 Å². The summed E-state index contributed by atoms with van der Waals surface area (Å²) in [5.74, 6) is 0.880. The van der Waals surface area contributed by atoms with Crippen LogP contribution in [0.4, 0.5) is 23.7 Å². The SMILES string of the molecule is Cc1ccc(NC(=O)N2CC/C(=C\c3cccc(Oc4ccc(C(F)(F)F)nc4)c3)C(C)C2)cn1. The molecule has 1 N–H and O–H groups in total. The minimum absolute atomic E-state index is 0.151. The average Bonchev–Trinajstić information content (AvgIpc) is 2.82. The van der Waals surface area contributed by atoms with E-state index in [0.717, 1.165) is 29.9 Å². The van der Waals surface area contributed by atoms with Crippen molar-refractivity contribution < 1.29 is 22.7 Å². The van der Waals surface area contributed by atoms with Gasteiger partial charge in [-0.2, -0.15) is 13.2 Å². The summed E-state index contributed by atoms with van der Waals surface area (Å²) in [5, 5.41) is 2.89. The van der Waals surface area contributed by atoms with Gasteiger partial charge in [0, 0.05) is 18.8 Å². The number of halogens is 3. The van der Waals surface area contributed by atoms with Crippen molar-refractivity contribution in [3.05, 3.63) is 83.4 Å². The molecule has 35 heavy (non-hydrogen) atoms. The highest BCUT2D eigenvalue weighted by atomic mass is 19.4. The number of piperidine rings is 1. The van der Waals surface area contributed by atoms with Gasteiger partial charge in [0.05, 0.1) is 18.1 Å². The first-order valence-electron chi connectivity index (χ1n) is 11.2. The Bertz CT molecular complexity index is 1210. The van der Waals surface area contributed by atoms with Crippen LogP contribution in [0.5, 0.6) is 11.5 Å². The maximum Gasteiger partial charge on any atom is 0.433 e. The van der Waals surface area contributed by atoms with Gasteiger partial charge in [-0.1, -0.05) is 30.7 Å². The molecular weight excluding hydrogens is 457 g/mol. The maximum absolute atomic E-state index is 12.7. The van der Waals surface area contributed by atoms with Crippen molar-refractivity contribution in [2.24, 2.45) is 5.92 Å². The number of nitrogens with one attached hydrogen (secondary N) is 1. The molecule has 3 aromatic rings. The number of aromatic nitrogens is 2. The molecule has 0 bridgehead atoms. The van der Waals surface area contributed by atoms with Crippen molar-refractivity contribution >= 4 is 17.8 Å². The Labute approximate surface area is 201 Å². The number of urea groups is 1. The Kier molecular flexibility index (Phi) is 7.04. The Hall–Kier alpha value is -3.88. The number of nitrogens with zero attached hydrogens (tertiary/aromatic N) is 3. The fraction of sp³-hybridized carbons (Fsp3) is 0.269. The lowest BCUT2D eigenvalue weighted by Crippen LogP contribution is -2.42. The molecule has 1 atom stereocenters. The number of pyridine rings is 2. The molecular formula is C26H25F3N4O2. The predicted octanol–water partition coefficient (Wildman–Crippen LogP) is 6.55. The molecule has 0 radical (unpaired) electrons. The van der Waals surface area contributed by atoms with Crippen LogP contribution in [0.15, 0.2) is 66.5 Å². The molecule has 0 aliphatic carbocycles. The van der Waals surface area contributed by atoms with E-state index in [1.54, 1.807) is 17.2 Å². The van der Waals surface area contributed by atoms with Gasteiger partial charge < -0.3 is 15.0 Å². The van der Waals surface area contributed by atoms with E-state index in [9.17, 15) is 18.0 Å². The highest BCUT2D eigenvalue weighted by Gasteiger charge is 2.32. The zero-order chi connectivity index (χ0) is 25.0. The molecule has 3 heterocycles. The molecule has 1 fully saturated rings. The minimum Gasteiger partial charge on any atom is -0.456 e. The summed E-state index contributed by atoms with van der Waals surface area (Å²) in [5.41, 5.74) is 2.70. The standard InChI is InChI=1S/C26H25F3N4O2/c1-17-16-33(25(34)32-21-7-6-18(2)30-14-21)11-10-20(17)12-19-4-3-5-22(13-19)35-23-8-9-24(31-15-23)26(27,28)29/h3-9,12-15,17H,10-11,16H2,1-2H3,(H,32,34)/b20-12+. The number of carbonyl (C=O) groups is 1. The van der Waals surface area contributed by atoms with Gasteiger partial charge in [0.25, 0.3) is 0 Å². The van der Waals surface area contributed by atoms with Crippen LogP contribution in [-0.4, -0.2) is 34.0 Å². The third-order valence-electron chi connectivity index (χ3n) is 5.72. The Morgan fingerprint density at radius 3 is 2.60 bits per heavy atom. The van der Waals surface area contributed by atoms with Crippen molar-refractivity contribution in [1.82, 2.24) is 14.9 Å². The summed E-state index contributed by atoms with van der Waals surface area (Å²) in [6, 6.07) is 13.0. The molecule has 0 spiro atoms. The van der Waals surface area contributed by atoms with Gasteiger partial charge in [0.1, 0.15) is 17.2 Å². The number of benzene rings is 1. The first-order chi connectivity index (χ1) is 16.7. The van der Waals surface area contributed by atoms with Gasteiger partial charge in [0.15, 0.2) is 0 Å². The molecule has 1 unspecified atom stereocenters. The Morgan fingerprint density at radius 2 is 1.94 bits per heavy atom. The summed E-state index contributed by atoms with van der Waals surface area (Å²) < 4.78 is 43.8. The second kappa shape index (κ2) is 10.2.